The third-order valence-corrected chi connectivity index (χ3v) is 4.82. The fraction of sp³-hybridized carbons (Fsp3) is 0.625. The van der Waals surface area contributed by atoms with Gasteiger partial charge in [0.1, 0.15) is 5.75 Å². The number of benzene rings is 1. The maximum absolute atomic E-state index is 5.81. The van der Waals surface area contributed by atoms with E-state index in [1.165, 1.54) is 31.2 Å². The lowest BCUT2D eigenvalue weighted by Crippen LogP contribution is -2.38. The number of halogens is 1. The second-order valence-electron chi connectivity index (χ2n) is 5.67. The highest BCUT2D eigenvalue weighted by atomic mass is 79.9. The van der Waals surface area contributed by atoms with Crippen molar-refractivity contribution < 1.29 is 4.74 Å². The first kappa shape index (κ1) is 13.4. The number of nitrogens with zero attached hydrogens (tertiary/aromatic N) is 1. The molecule has 1 aliphatic carbocycles. The molecule has 19 heavy (non-hydrogen) atoms. The maximum atomic E-state index is 5.81. The van der Waals surface area contributed by atoms with E-state index in [9.17, 15) is 0 Å². The van der Waals surface area contributed by atoms with Crippen molar-refractivity contribution in [1.82, 2.24) is 4.90 Å². The molecule has 0 N–H and O–H groups in total. The van der Waals surface area contributed by atoms with Crippen LogP contribution in [0.1, 0.15) is 37.2 Å². The van der Waals surface area contributed by atoms with E-state index >= 15 is 0 Å². The standard InChI is InChI=1S/C16H22BrNO/c17-9-10-18(14-5-1-2-6-14)11-13-12-19-16-8-4-3-7-15(13)16/h3-4,7-8,13-14H,1-2,5-6,9-12H2. The molecule has 1 unspecified atom stereocenters. The molecule has 1 heterocycles. The monoisotopic (exact) mass is 323 g/mol. The Kier molecular flexibility index (Phi) is 4.44. The summed E-state index contributed by atoms with van der Waals surface area (Å²) in [5.74, 6) is 1.65. The van der Waals surface area contributed by atoms with Gasteiger partial charge in [-0.2, -0.15) is 0 Å². The number of hydrogen-bond donors (Lipinski definition) is 0. The zero-order valence-corrected chi connectivity index (χ0v) is 12.9. The van der Waals surface area contributed by atoms with Gasteiger partial charge in [-0.1, -0.05) is 47.0 Å². The van der Waals surface area contributed by atoms with Crippen LogP contribution in [-0.2, 0) is 0 Å². The van der Waals surface area contributed by atoms with Gasteiger partial charge in [0.25, 0.3) is 0 Å². The molecule has 0 saturated heterocycles. The highest BCUT2D eigenvalue weighted by Crippen LogP contribution is 2.35. The Morgan fingerprint density at radius 3 is 2.79 bits per heavy atom. The van der Waals surface area contributed by atoms with Crippen LogP contribution in [0.5, 0.6) is 5.75 Å². The van der Waals surface area contributed by atoms with Crippen LogP contribution in [0.15, 0.2) is 24.3 Å². The summed E-state index contributed by atoms with van der Waals surface area (Å²) in [5, 5.41) is 1.07. The predicted molar refractivity (Wildman–Crippen MR) is 82.3 cm³/mol. The van der Waals surface area contributed by atoms with Crippen LogP contribution in [-0.4, -0.2) is 36.0 Å². The van der Waals surface area contributed by atoms with E-state index in [0.29, 0.717) is 5.92 Å². The Hall–Kier alpha value is -0.540. The summed E-state index contributed by atoms with van der Waals surface area (Å²) < 4.78 is 5.81. The lowest BCUT2D eigenvalue weighted by atomic mass is 10.00. The van der Waals surface area contributed by atoms with E-state index in [-0.39, 0.29) is 0 Å². The molecule has 0 bridgehead atoms. The van der Waals surface area contributed by atoms with E-state index in [0.717, 1.165) is 36.8 Å². The Morgan fingerprint density at radius 1 is 1.21 bits per heavy atom. The van der Waals surface area contributed by atoms with Gasteiger partial charge >= 0.3 is 0 Å². The lowest BCUT2D eigenvalue weighted by Gasteiger charge is -2.30. The predicted octanol–water partition coefficient (Wildman–Crippen LogP) is 3.80. The summed E-state index contributed by atoms with van der Waals surface area (Å²) >= 11 is 3.61. The highest BCUT2D eigenvalue weighted by molar-refractivity contribution is 9.09. The van der Waals surface area contributed by atoms with E-state index in [1.54, 1.807) is 0 Å². The SMILES string of the molecule is BrCCN(CC1COc2ccccc21)C1CCCC1. The summed E-state index contributed by atoms with van der Waals surface area (Å²) in [6, 6.07) is 9.32. The van der Waals surface area contributed by atoms with Gasteiger partial charge in [0.05, 0.1) is 6.61 Å². The molecule has 1 aromatic carbocycles. The fourth-order valence-corrected chi connectivity index (χ4v) is 3.92. The summed E-state index contributed by atoms with van der Waals surface area (Å²) in [7, 11) is 0. The van der Waals surface area contributed by atoms with Gasteiger partial charge in [-0.3, -0.25) is 4.90 Å². The minimum atomic E-state index is 0.552. The minimum Gasteiger partial charge on any atom is -0.493 e. The minimum absolute atomic E-state index is 0.552. The van der Waals surface area contributed by atoms with E-state index in [4.69, 9.17) is 4.74 Å². The molecule has 0 spiro atoms. The first-order valence-corrected chi connectivity index (χ1v) is 8.52. The van der Waals surface area contributed by atoms with Gasteiger partial charge in [-0.05, 0) is 18.9 Å². The molecule has 1 aromatic rings. The van der Waals surface area contributed by atoms with Crippen molar-refractivity contribution in [3.8, 4) is 5.75 Å². The number of alkyl halides is 1. The van der Waals surface area contributed by atoms with Crippen LogP contribution in [0.2, 0.25) is 0 Å². The van der Waals surface area contributed by atoms with Crippen molar-refractivity contribution in [1.29, 1.82) is 0 Å². The zero-order chi connectivity index (χ0) is 13.1. The van der Waals surface area contributed by atoms with Gasteiger partial charge in [0, 0.05) is 35.9 Å². The van der Waals surface area contributed by atoms with Crippen molar-refractivity contribution in [2.75, 3.05) is 25.0 Å². The second kappa shape index (κ2) is 6.27. The largest absolute Gasteiger partial charge is 0.493 e. The number of rotatable bonds is 5. The number of fused-ring (bicyclic) bond motifs is 1. The summed E-state index contributed by atoms with van der Waals surface area (Å²) in [4.78, 5) is 2.68. The molecule has 1 atom stereocenters. The van der Waals surface area contributed by atoms with E-state index in [2.05, 4.69) is 45.1 Å². The third-order valence-electron chi connectivity index (χ3n) is 4.47. The van der Waals surface area contributed by atoms with E-state index in [1.807, 2.05) is 0 Å². The molecular weight excluding hydrogens is 302 g/mol. The van der Waals surface area contributed by atoms with Crippen molar-refractivity contribution in [2.45, 2.75) is 37.6 Å². The van der Waals surface area contributed by atoms with Crippen LogP contribution < -0.4 is 4.74 Å². The molecule has 0 aromatic heterocycles. The molecule has 1 saturated carbocycles. The van der Waals surface area contributed by atoms with Crippen LogP contribution >= 0.6 is 15.9 Å². The molecule has 3 rings (SSSR count). The Morgan fingerprint density at radius 2 is 2.00 bits per heavy atom. The van der Waals surface area contributed by atoms with Crippen LogP contribution in [0, 0.1) is 0 Å². The summed E-state index contributed by atoms with van der Waals surface area (Å²) in [6.45, 7) is 3.15. The first-order valence-electron chi connectivity index (χ1n) is 7.40. The fourth-order valence-electron chi connectivity index (χ4n) is 3.46. The molecule has 1 fully saturated rings. The molecule has 2 nitrogen and oxygen atoms in total. The molecule has 2 aliphatic rings. The first-order chi connectivity index (χ1) is 9.38. The average molecular weight is 324 g/mol. The summed E-state index contributed by atoms with van der Waals surface area (Å²) in [5.41, 5.74) is 1.40. The van der Waals surface area contributed by atoms with E-state index < -0.39 is 0 Å². The van der Waals surface area contributed by atoms with Crippen LogP contribution in [0.25, 0.3) is 0 Å². The highest BCUT2D eigenvalue weighted by Gasteiger charge is 2.29. The molecule has 0 amide bonds. The van der Waals surface area contributed by atoms with Crippen molar-refractivity contribution in [3.63, 3.8) is 0 Å². The molecule has 3 heteroatoms. The topological polar surface area (TPSA) is 12.5 Å². The zero-order valence-electron chi connectivity index (χ0n) is 11.4. The van der Waals surface area contributed by atoms with Gasteiger partial charge in [-0.15, -0.1) is 0 Å². The van der Waals surface area contributed by atoms with Gasteiger partial charge < -0.3 is 4.74 Å². The lowest BCUT2D eigenvalue weighted by molar-refractivity contribution is 0.186. The third kappa shape index (κ3) is 2.97. The molecule has 1 aliphatic heterocycles. The van der Waals surface area contributed by atoms with Gasteiger partial charge in [0.15, 0.2) is 0 Å². The summed E-state index contributed by atoms with van der Waals surface area (Å²) in [6.07, 6.45) is 5.56. The maximum Gasteiger partial charge on any atom is 0.122 e. The Labute approximate surface area is 124 Å². The quantitative estimate of drug-likeness (QED) is 0.764. The van der Waals surface area contributed by atoms with Crippen LogP contribution in [0.4, 0.5) is 0 Å². The van der Waals surface area contributed by atoms with Gasteiger partial charge in [0.2, 0.25) is 0 Å². The number of hydrogen-bond acceptors (Lipinski definition) is 2. The van der Waals surface area contributed by atoms with Gasteiger partial charge in [-0.25, -0.2) is 0 Å². The smallest absolute Gasteiger partial charge is 0.122 e. The number of ether oxygens (including phenoxy) is 1. The Bertz CT molecular complexity index is 417. The number of para-hydroxylation sites is 1. The normalized spacial score (nSPS) is 22.7. The molecule has 0 radical (unpaired) electrons. The second-order valence-corrected chi connectivity index (χ2v) is 6.46. The Balaban J connectivity index is 1.69. The van der Waals surface area contributed by atoms with Crippen molar-refractivity contribution >= 4 is 15.9 Å². The van der Waals surface area contributed by atoms with Crippen molar-refractivity contribution in [2.24, 2.45) is 0 Å². The molecule has 104 valence electrons. The molecular formula is C16H22BrNO. The van der Waals surface area contributed by atoms with Crippen LogP contribution in [0.3, 0.4) is 0 Å². The van der Waals surface area contributed by atoms with Crippen molar-refractivity contribution in [3.05, 3.63) is 29.8 Å². The average Bonchev–Trinajstić information content (AvgIpc) is 3.08.